The third-order valence-corrected chi connectivity index (χ3v) is 4.41. The van der Waals surface area contributed by atoms with E-state index in [1.165, 1.54) is 5.56 Å². The zero-order valence-corrected chi connectivity index (χ0v) is 13.6. The first-order valence-electron chi connectivity index (χ1n) is 8.08. The molecule has 0 spiro atoms. The lowest BCUT2D eigenvalue weighted by Gasteiger charge is -2.29. The molecular formula is C19H19NO4. The number of nitrogens with zero attached hydrogens (tertiary/aromatic N) is 1. The maximum atomic E-state index is 12.4. The van der Waals surface area contributed by atoms with Gasteiger partial charge in [-0.3, -0.25) is 4.79 Å². The quantitative estimate of drug-likeness (QED) is 0.870. The first kappa shape index (κ1) is 14.9. The lowest BCUT2D eigenvalue weighted by atomic mass is 9.99. The van der Waals surface area contributed by atoms with Gasteiger partial charge >= 0.3 is 0 Å². The van der Waals surface area contributed by atoms with E-state index in [0.717, 1.165) is 34.8 Å². The van der Waals surface area contributed by atoms with E-state index < -0.39 is 0 Å². The molecule has 124 valence electrons. The minimum atomic E-state index is -0.000164. The van der Waals surface area contributed by atoms with Gasteiger partial charge in [0.2, 0.25) is 6.79 Å². The van der Waals surface area contributed by atoms with Crippen molar-refractivity contribution in [2.45, 2.75) is 19.9 Å². The van der Waals surface area contributed by atoms with E-state index in [2.05, 4.69) is 0 Å². The SMILES string of the molecule is Cc1cccc(OCC(=O)N2CCc3cc4c(cc3C2)OCO4)c1. The lowest BCUT2D eigenvalue weighted by Crippen LogP contribution is -2.38. The molecule has 2 heterocycles. The molecular weight excluding hydrogens is 306 g/mol. The molecule has 0 bridgehead atoms. The van der Waals surface area contributed by atoms with Crippen LogP contribution in [0.15, 0.2) is 36.4 Å². The van der Waals surface area contributed by atoms with Crippen LogP contribution >= 0.6 is 0 Å². The van der Waals surface area contributed by atoms with Crippen LogP contribution < -0.4 is 14.2 Å². The predicted octanol–water partition coefficient (Wildman–Crippen LogP) is 2.69. The Kier molecular flexibility index (Phi) is 3.76. The highest BCUT2D eigenvalue weighted by atomic mass is 16.7. The number of carbonyl (C=O) groups is 1. The monoisotopic (exact) mass is 325 g/mol. The summed E-state index contributed by atoms with van der Waals surface area (Å²) in [6.45, 7) is 3.61. The summed E-state index contributed by atoms with van der Waals surface area (Å²) in [5, 5.41) is 0. The van der Waals surface area contributed by atoms with Crippen molar-refractivity contribution in [2.24, 2.45) is 0 Å². The van der Waals surface area contributed by atoms with Gasteiger partial charge in [0.25, 0.3) is 5.91 Å². The first-order valence-corrected chi connectivity index (χ1v) is 8.08. The van der Waals surface area contributed by atoms with E-state index in [1.54, 1.807) is 0 Å². The maximum Gasteiger partial charge on any atom is 0.260 e. The molecule has 0 saturated carbocycles. The smallest absolute Gasteiger partial charge is 0.260 e. The Bertz CT molecular complexity index is 787. The molecule has 0 unspecified atom stereocenters. The second-order valence-electron chi connectivity index (χ2n) is 6.14. The third kappa shape index (κ3) is 2.89. The van der Waals surface area contributed by atoms with Crippen LogP contribution in [-0.2, 0) is 17.8 Å². The van der Waals surface area contributed by atoms with Crippen LogP contribution in [0.4, 0.5) is 0 Å². The number of ether oxygens (including phenoxy) is 3. The van der Waals surface area contributed by atoms with E-state index in [-0.39, 0.29) is 19.3 Å². The minimum Gasteiger partial charge on any atom is -0.484 e. The second-order valence-corrected chi connectivity index (χ2v) is 6.14. The summed E-state index contributed by atoms with van der Waals surface area (Å²) in [4.78, 5) is 14.3. The Morgan fingerprint density at radius 1 is 1.17 bits per heavy atom. The van der Waals surface area contributed by atoms with Gasteiger partial charge in [-0.05, 0) is 54.3 Å². The molecule has 4 rings (SSSR count). The maximum absolute atomic E-state index is 12.4. The Balaban J connectivity index is 1.41. The standard InChI is InChI=1S/C19H19NO4/c1-13-3-2-4-16(7-13)22-11-19(21)20-6-5-14-8-17-18(24-12-23-17)9-15(14)10-20/h2-4,7-9H,5-6,10-12H2,1H3. The molecule has 2 aromatic rings. The number of rotatable bonds is 3. The zero-order valence-electron chi connectivity index (χ0n) is 13.6. The highest BCUT2D eigenvalue weighted by Gasteiger charge is 2.24. The number of aryl methyl sites for hydroxylation is 1. The number of benzene rings is 2. The van der Waals surface area contributed by atoms with E-state index in [9.17, 15) is 4.79 Å². The fourth-order valence-corrected chi connectivity index (χ4v) is 3.10. The first-order chi connectivity index (χ1) is 11.7. The summed E-state index contributed by atoms with van der Waals surface area (Å²) in [5.41, 5.74) is 3.46. The second kappa shape index (κ2) is 6.07. The van der Waals surface area contributed by atoms with Gasteiger partial charge in [-0.2, -0.15) is 0 Å². The van der Waals surface area contributed by atoms with Crippen molar-refractivity contribution in [1.82, 2.24) is 4.90 Å². The third-order valence-electron chi connectivity index (χ3n) is 4.41. The van der Waals surface area contributed by atoms with Crippen molar-refractivity contribution in [3.05, 3.63) is 53.1 Å². The number of amides is 1. The van der Waals surface area contributed by atoms with Gasteiger partial charge in [-0.15, -0.1) is 0 Å². The van der Waals surface area contributed by atoms with Crippen LogP contribution in [0.2, 0.25) is 0 Å². The summed E-state index contributed by atoms with van der Waals surface area (Å²) in [6.07, 6.45) is 0.822. The fourth-order valence-electron chi connectivity index (χ4n) is 3.10. The minimum absolute atomic E-state index is 0.000164. The lowest BCUT2D eigenvalue weighted by molar-refractivity contribution is -0.134. The van der Waals surface area contributed by atoms with Crippen LogP contribution in [-0.4, -0.2) is 30.8 Å². The molecule has 2 aromatic carbocycles. The van der Waals surface area contributed by atoms with Crippen LogP contribution in [0.25, 0.3) is 0 Å². The van der Waals surface area contributed by atoms with Crippen molar-refractivity contribution in [3.63, 3.8) is 0 Å². The van der Waals surface area contributed by atoms with E-state index in [4.69, 9.17) is 14.2 Å². The van der Waals surface area contributed by atoms with E-state index >= 15 is 0 Å². The summed E-state index contributed by atoms with van der Waals surface area (Å²) in [6, 6.07) is 11.7. The zero-order chi connectivity index (χ0) is 16.5. The van der Waals surface area contributed by atoms with Crippen LogP contribution in [0.3, 0.4) is 0 Å². The number of hydrogen-bond donors (Lipinski definition) is 0. The molecule has 2 aliphatic heterocycles. The highest BCUT2D eigenvalue weighted by Crippen LogP contribution is 2.36. The summed E-state index contributed by atoms with van der Waals surface area (Å²) < 4.78 is 16.5. The van der Waals surface area contributed by atoms with Gasteiger partial charge in [-0.25, -0.2) is 0 Å². The molecule has 24 heavy (non-hydrogen) atoms. The molecule has 0 atom stereocenters. The van der Waals surface area contributed by atoms with Gasteiger partial charge in [0.15, 0.2) is 18.1 Å². The average molecular weight is 325 g/mol. The molecule has 5 nitrogen and oxygen atoms in total. The van der Waals surface area contributed by atoms with Gasteiger partial charge in [0.1, 0.15) is 5.75 Å². The fraction of sp³-hybridized carbons (Fsp3) is 0.316. The predicted molar refractivity (Wildman–Crippen MR) is 88.4 cm³/mol. The van der Waals surface area contributed by atoms with Gasteiger partial charge in [0.05, 0.1) is 0 Å². The van der Waals surface area contributed by atoms with Crippen LogP contribution in [0, 0.1) is 6.92 Å². The molecule has 0 aliphatic carbocycles. The van der Waals surface area contributed by atoms with Gasteiger partial charge < -0.3 is 19.1 Å². The normalized spacial score (nSPS) is 15.1. The van der Waals surface area contributed by atoms with Crippen molar-refractivity contribution in [1.29, 1.82) is 0 Å². The summed E-state index contributed by atoms with van der Waals surface area (Å²) in [5.74, 6) is 2.29. The molecule has 0 aromatic heterocycles. The summed E-state index contributed by atoms with van der Waals surface area (Å²) >= 11 is 0. The highest BCUT2D eigenvalue weighted by molar-refractivity contribution is 5.78. The Morgan fingerprint density at radius 3 is 2.75 bits per heavy atom. The topological polar surface area (TPSA) is 48.0 Å². The molecule has 0 radical (unpaired) electrons. The average Bonchev–Trinajstić information content (AvgIpc) is 3.04. The van der Waals surface area contributed by atoms with Crippen molar-refractivity contribution in [3.8, 4) is 17.2 Å². The van der Waals surface area contributed by atoms with Crippen molar-refractivity contribution >= 4 is 5.91 Å². The molecule has 5 heteroatoms. The Hall–Kier alpha value is -2.69. The largest absolute Gasteiger partial charge is 0.484 e. The number of fused-ring (bicyclic) bond motifs is 2. The number of hydrogen-bond acceptors (Lipinski definition) is 4. The van der Waals surface area contributed by atoms with Gasteiger partial charge in [0, 0.05) is 13.1 Å². The Morgan fingerprint density at radius 2 is 1.96 bits per heavy atom. The van der Waals surface area contributed by atoms with E-state index in [1.807, 2.05) is 48.2 Å². The van der Waals surface area contributed by atoms with Crippen LogP contribution in [0.5, 0.6) is 17.2 Å². The van der Waals surface area contributed by atoms with E-state index in [0.29, 0.717) is 13.1 Å². The molecule has 1 amide bonds. The Labute approximate surface area is 140 Å². The van der Waals surface area contributed by atoms with Gasteiger partial charge in [-0.1, -0.05) is 12.1 Å². The molecule has 0 saturated heterocycles. The molecule has 0 N–H and O–H groups in total. The summed E-state index contributed by atoms with van der Waals surface area (Å²) in [7, 11) is 0. The molecule has 0 fully saturated rings. The number of carbonyl (C=O) groups excluding carboxylic acids is 1. The molecule has 2 aliphatic rings. The van der Waals surface area contributed by atoms with Crippen molar-refractivity contribution < 1.29 is 19.0 Å². The van der Waals surface area contributed by atoms with Crippen molar-refractivity contribution in [2.75, 3.05) is 19.9 Å². The van der Waals surface area contributed by atoms with Crippen LogP contribution in [0.1, 0.15) is 16.7 Å².